The third-order valence-corrected chi connectivity index (χ3v) is 4.78. The van der Waals surface area contributed by atoms with E-state index >= 15 is 0 Å². The maximum absolute atomic E-state index is 12.3. The molecule has 1 fully saturated rings. The van der Waals surface area contributed by atoms with Crippen molar-refractivity contribution >= 4 is 18.3 Å². The van der Waals surface area contributed by atoms with Gasteiger partial charge in [0.25, 0.3) is 5.91 Å². The SMILES string of the molecule is CN(CCCNC(=O)c1ccn(C2CCCNC2)n1)Cc1ccccc1.Cl. The summed E-state index contributed by atoms with van der Waals surface area (Å²) in [7, 11) is 2.11. The highest BCUT2D eigenvalue weighted by Crippen LogP contribution is 2.15. The van der Waals surface area contributed by atoms with E-state index in [1.165, 1.54) is 5.56 Å². The Morgan fingerprint density at radius 3 is 2.89 bits per heavy atom. The average Bonchev–Trinajstić information content (AvgIpc) is 3.17. The van der Waals surface area contributed by atoms with Crippen molar-refractivity contribution < 1.29 is 4.79 Å². The predicted octanol–water partition coefficient (Wildman–Crippen LogP) is 2.48. The largest absolute Gasteiger partial charge is 0.351 e. The Morgan fingerprint density at radius 2 is 2.15 bits per heavy atom. The van der Waals surface area contributed by atoms with Crippen molar-refractivity contribution in [3.05, 3.63) is 53.9 Å². The van der Waals surface area contributed by atoms with Crippen LogP contribution in [0.25, 0.3) is 0 Å². The van der Waals surface area contributed by atoms with Crippen molar-refractivity contribution in [2.24, 2.45) is 0 Å². The zero-order valence-electron chi connectivity index (χ0n) is 15.9. The Hall–Kier alpha value is -1.89. The Kier molecular flexibility index (Phi) is 8.78. The summed E-state index contributed by atoms with van der Waals surface area (Å²) < 4.78 is 1.93. The summed E-state index contributed by atoms with van der Waals surface area (Å²) in [5.41, 5.74) is 1.81. The number of nitrogens with one attached hydrogen (secondary N) is 2. The summed E-state index contributed by atoms with van der Waals surface area (Å²) in [6.07, 6.45) is 5.11. The van der Waals surface area contributed by atoms with Crippen LogP contribution in [0.5, 0.6) is 0 Å². The van der Waals surface area contributed by atoms with Gasteiger partial charge in [-0.15, -0.1) is 12.4 Å². The summed E-state index contributed by atoms with van der Waals surface area (Å²) in [5.74, 6) is -0.0850. The molecule has 1 aromatic carbocycles. The monoisotopic (exact) mass is 391 g/mol. The summed E-state index contributed by atoms with van der Waals surface area (Å²) >= 11 is 0. The number of nitrogens with zero attached hydrogens (tertiary/aromatic N) is 3. The molecule has 1 atom stereocenters. The van der Waals surface area contributed by atoms with Gasteiger partial charge in [-0.25, -0.2) is 0 Å². The number of amides is 1. The van der Waals surface area contributed by atoms with Crippen LogP contribution < -0.4 is 10.6 Å². The van der Waals surface area contributed by atoms with Gasteiger partial charge in [0.2, 0.25) is 0 Å². The molecule has 2 aromatic rings. The first-order chi connectivity index (χ1) is 12.7. The number of benzene rings is 1. The third-order valence-electron chi connectivity index (χ3n) is 4.78. The van der Waals surface area contributed by atoms with Crippen LogP contribution in [-0.4, -0.2) is 53.8 Å². The molecular formula is C20H30ClN5O. The number of hydrogen-bond acceptors (Lipinski definition) is 4. The average molecular weight is 392 g/mol. The lowest BCUT2D eigenvalue weighted by atomic mass is 10.1. The van der Waals surface area contributed by atoms with Gasteiger partial charge in [-0.3, -0.25) is 9.48 Å². The molecule has 1 aliphatic heterocycles. The summed E-state index contributed by atoms with van der Waals surface area (Å²) in [4.78, 5) is 14.5. The molecule has 1 saturated heterocycles. The molecule has 148 valence electrons. The van der Waals surface area contributed by atoms with Gasteiger partial charge in [0.15, 0.2) is 0 Å². The topological polar surface area (TPSA) is 62.2 Å². The minimum atomic E-state index is -0.0850. The van der Waals surface area contributed by atoms with E-state index in [9.17, 15) is 4.79 Å². The first-order valence-electron chi connectivity index (χ1n) is 9.49. The lowest BCUT2D eigenvalue weighted by molar-refractivity contribution is 0.0945. The van der Waals surface area contributed by atoms with Crippen molar-refractivity contribution in [1.82, 2.24) is 25.3 Å². The second-order valence-electron chi connectivity index (χ2n) is 7.01. The Bertz CT molecular complexity index is 685. The lowest BCUT2D eigenvalue weighted by Crippen LogP contribution is -2.32. The summed E-state index contributed by atoms with van der Waals surface area (Å²) in [6.45, 7) is 4.53. The molecule has 6 nitrogen and oxygen atoms in total. The normalized spacial score (nSPS) is 16.7. The quantitative estimate of drug-likeness (QED) is 0.678. The van der Waals surface area contributed by atoms with Crippen molar-refractivity contribution in [3.63, 3.8) is 0 Å². The molecule has 0 saturated carbocycles. The number of aromatic nitrogens is 2. The Labute approximate surface area is 167 Å². The fourth-order valence-electron chi connectivity index (χ4n) is 3.34. The molecule has 0 radical (unpaired) electrons. The molecule has 0 bridgehead atoms. The van der Waals surface area contributed by atoms with Crippen molar-refractivity contribution in [3.8, 4) is 0 Å². The number of carbonyl (C=O) groups is 1. The number of rotatable bonds is 8. The molecule has 1 aliphatic rings. The first-order valence-corrected chi connectivity index (χ1v) is 9.49. The van der Waals surface area contributed by atoms with Crippen LogP contribution in [0, 0.1) is 0 Å². The van der Waals surface area contributed by atoms with Gasteiger partial charge in [0, 0.05) is 25.8 Å². The van der Waals surface area contributed by atoms with Gasteiger partial charge in [-0.05, 0) is 51.0 Å². The molecule has 3 rings (SSSR count). The smallest absolute Gasteiger partial charge is 0.271 e. The van der Waals surface area contributed by atoms with Gasteiger partial charge in [0.1, 0.15) is 5.69 Å². The zero-order chi connectivity index (χ0) is 18.2. The van der Waals surface area contributed by atoms with Crippen molar-refractivity contribution in [1.29, 1.82) is 0 Å². The van der Waals surface area contributed by atoms with E-state index < -0.39 is 0 Å². The maximum atomic E-state index is 12.3. The summed E-state index contributed by atoms with van der Waals surface area (Å²) in [5, 5.41) is 10.8. The summed E-state index contributed by atoms with van der Waals surface area (Å²) in [6, 6.07) is 12.6. The van der Waals surface area contributed by atoms with E-state index in [-0.39, 0.29) is 18.3 Å². The maximum Gasteiger partial charge on any atom is 0.271 e. The molecule has 1 aromatic heterocycles. The third kappa shape index (κ3) is 6.65. The molecule has 2 N–H and O–H groups in total. The van der Waals surface area contributed by atoms with Crippen LogP contribution in [0.2, 0.25) is 0 Å². The predicted molar refractivity (Wildman–Crippen MR) is 110 cm³/mol. The van der Waals surface area contributed by atoms with Crippen LogP contribution in [0.15, 0.2) is 42.6 Å². The van der Waals surface area contributed by atoms with Crippen LogP contribution >= 0.6 is 12.4 Å². The standard InChI is InChI=1S/C20H29N5O.ClH/c1-24(16-17-7-3-2-4-8-17)13-6-12-22-20(26)19-10-14-25(23-19)18-9-5-11-21-15-18;/h2-4,7-8,10,14,18,21H,5-6,9,11-13,15-16H2,1H3,(H,22,26);1H. The highest BCUT2D eigenvalue weighted by Gasteiger charge is 2.17. The van der Waals surface area contributed by atoms with Gasteiger partial charge < -0.3 is 15.5 Å². The molecule has 2 heterocycles. The van der Waals surface area contributed by atoms with E-state index in [4.69, 9.17) is 0 Å². The Morgan fingerprint density at radius 1 is 1.33 bits per heavy atom. The van der Waals surface area contributed by atoms with Gasteiger partial charge >= 0.3 is 0 Å². The minimum Gasteiger partial charge on any atom is -0.351 e. The van der Waals surface area contributed by atoms with Crippen LogP contribution in [0.4, 0.5) is 0 Å². The molecule has 7 heteroatoms. The second kappa shape index (κ2) is 11.1. The highest BCUT2D eigenvalue weighted by atomic mass is 35.5. The van der Waals surface area contributed by atoms with Crippen LogP contribution in [0.1, 0.15) is 41.4 Å². The molecular weight excluding hydrogens is 362 g/mol. The van der Waals surface area contributed by atoms with Crippen molar-refractivity contribution in [2.45, 2.75) is 31.8 Å². The molecule has 1 amide bonds. The van der Waals surface area contributed by atoms with E-state index in [1.54, 1.807) is 0 Å². The van der Waals surface area contributed by atoms with Gasteiger partial charge in [-0.2, -0.15) is 5.10 Å². The number of piperidine rings is 1. The number of hydrogen-bond donors (Lipinski definition) is 2. The van der Waals surface area contributed by atoms with E-state index in [1.807, 2.05) is 23.0 Å². The second-order valence-corrected chi connectivity index (χ2v) is 7.01. The van der Waals surface area contributed by atoms with E-state index in [2.05, 4.69) is 51.9 Å². The van der Waals surface area contributed by atoms with E-state index in [0.717, 1.165) is 45.4 Å². The lowest BCUT2D eigenvalue weighted by Gasteiger charge is -2.22. The van der Waals surface area contributed by atoms with E-state index in [0.29, 0.717) is 18.3 Å². The zero-order valence-corrected chi connectivity index (χ0v) is 16.8. The van der Waals surface area contributed by atoms with Gasteiger partial charge in [-0.1, -0.05) is 30.3 Å². The van der Waals surface area contributed by atoms with Crippen LogP contribution in [-0.2, 0) is 6.54 Å². The fourth-order valence-corrected chi connectivity index (χ4v) is 3.34. The first kappa shape index (κ1) is 21.4. The molecule has 0 aliphatic carbocycles. The number of halogens is 1. The minimum absolute atomic E-state index is 0. The number of carbonyl (C=O) groups excluding carboxylic acids is 1. The Balaban J connectivity index is 0.00000261. The van der Waals surface area contributed by atoms with Crippen LogP contribution in [0.3, 0.4) is 0 Å². The molecule has 0 spiro atoms. The molecule has 27 heavy (non-hydrogen) atoms. The van der Waals surface area contributed by atoms with Crippen molar-refractivity contribution in [2.75, 3.05) is 33.2 Å². The molecule has 1 unspecified atom stereocenters. The fraction of sp³-hybridized carbons (Fsp3) is 0.500. The van der Waals surface area contributed by atoms with Gasteiger partial charge in [0.05, 0.1) is 6.04 Å². The highest BCUT2D eigenvalue weighted by molar-refractivity contribution is 5.92.